The van der Waals surface area contributed by atoms with Crippen molar-refractivity contribution >= 4 is 17.7 Å². The SMILES string of the molecule is CCN(c1cccc2c1C/C=C\Cc1cc(C)nc(OC)c1CNC2=O)[C@H]1CC[C@H](NC(=O)O)CC1. The molecule has 3 N–H and O–H groups in total. The average molecular weight is 493 g/mol. The quantitative estimate of drug-likeness (QED) is 0.535. The van der Waals surface area contributed by atoms with Gasteiger partial charge in [-0.15, -0.1) is 0 Å². The van der Waals surface area contributed by atoms with E-state index < -0.39 is 6.09 Å². The Morgan fingerprint density at radius 3 is 2.64 bits per heavy atom. The number of aromatic nitrogens is 1. The van der Waals surface area contributed by atoms with E-state index in [2.05, 4.69) is 51.7 Å². The van der Waals surface area contributed by atoms with Crippen molar-refractivity contribution in [3.05, 3.63) is 64.4 Å². The summed E-state index contributed by atoms with van der Waals surface area (Å²) < 4.78 is 5.53. The third kappa shape index (κ3) is 5.64. The van der Waals surface area contributed by atoms with Crippen LogP contribution >= 0.6 is 0 Å². The molecule has 1 aliphatic carbocycles. The number of pyridine rings is 1. The fraction of sp³-hybridized carbons (Fsp3) is 0.464. The maximum absolute atomic E-state index is 13.4. The molecule has 1 saturated carbocycles. The molecule has 0 bridgehead atoms. The maximum Gasteiger partial charge on any atom is 0.404 e. The molecule has 0 saturated heterocycles. The highest BCUT2D eigenvalue weighted by molar-refractivity contribution is 5.97. The molecule has 4 rings (SSSR count). The number of methoxy groups -OCH3 is 1. The molecule has 192 valence electrons. The molecule has 8 heteroatoms. The monoisotopic (exact) mass is 492 g/mol. The number of ether oxygens (including phenoxy) is 1. The van der Waals surface area contributed by atoms with Gasteiger partial charge in [0, 0.05) is 47.7 Å². The van der Waals surface area contributed by atoms with Crippen molar-refractivity contribution in [3.8, 4) is 5.88 Å². The molecular formula is C28H36N4O4. The normalized spacial score (nSPS) is 20.7. The zero-order valence-electron chi connectivity index (χ0n) is 21.3. The summed E-state index contributed by atoms with van der Waals surface area (Å²) in [5.74, 6) is 0.443. The van der Waals surface area contributed by atoms with Crippen molar-refractivity contribution in [1.29, 1.82) is 0 Å². The molecule has 36 heavy (non-hydrogen) atoms. The molecule has 2 aliphatic rings. The standard InChI is InChI=1S/C28H36N4O4/c1-4-32(21-14-12-20(13-15-21)31-28(34)35)25-11-7-10-23-22(25)9-6-5-8-19-16-18(2)30-27(36-3)24(19)17-29-26(23)33/h5-7,10-11,16,20-21,31H,4,8-9,12-15,17H2,1-3H3,(H,29,33)(H,34,35)/b6-5-/t20-,21-. The fourth-order valence-electron chi connectivity index (χ4n) is 5.55. The molecule has 0 radical (unpaired) electrons. The predicted octanol–water partition coefficient (Wildman–Crippen LogP) is 4.39. The topological polar surface area (TPSA) is 104 Å². The Morgan fingerprint density at radius 2 is 1.94 bits per heavy atom. The number of carbonyl (C=O) groups excluding carboxylic acids is 1. The number of anilines is 1. The van der Waals surface area contributed by atoms with Crippen LogP contribution < -0.4 is 20.3 Å². The van der Waals surface area contributed by atoms with Crippen LogP contribution in [0.1, 0.15) is 65.3 Å². The third-order valence-corrected chi connectivity index (χ3v) is 7.26. The lowest BCUT2D eigenvalue weighted by Gasteiger charge is -2.39. The minimum Gasteiger partial charge on any atom is -0.481 e. The first-order valence-corrected chi connectivity index (χ1v) is 12.8. The number of hydrogen-bond donors (Lipinski definition) is 3. The molecule has 8 nitrogen and oxygen atoms in total. The smallest absolute Gasteiger partial charge is 0.404 e. The lowest BCUT2D eigenvalue weighted by Crippen LogP contribution is -2.44. The molecule has 1 aromatic heterocycles. The van der Waals surface area contributed by atoms with Crippen molar-refractivity contribution in [1.82, 2.24) is 15.6 Å². The molecule has 2 amide bonds. The largest absolute Gasteiger partial charge is 0.481 e. The first-order valence-electron chi connectivity index (χ1n) is 12.8. The van der Waals surface area contributed by atoms with Crippen molar-refractivity contribution in [2.45, 2.75) is 71.0 Å². The summed E-state index contributed by atoms with van der Waals surface area (Å²) in [7, 11) is 1.61. The van der Waals surface area contributed by atoms with Crippen LogP contribution in [-0.2, 0) is 19.4 Å². The van der Waals surface area contributed by atoms with Gasteiger partial charge in [0.1, 0.15) is 0 Å². The number of rotatable bonds is 5. The zero-order valence-corrected chi connectivity index (χ0v) is 21.3. The van der Waals surface area contributed by atoms with Gasteiger partial charge in [0.05, 0.1) is 7.11 Å². The van der Waals surface area contributed by atoms with Crippen LogP contribution in [0.15, 0.2) is 36.4 Å². The summed E-state index contributed by atoms with van der Waals surface area (Å²) in [5, 5.41) is 14.8. The Morgan fingerprint density at radius 1 is 1.19 bits per heavy atom. The van der Waals surface area contributed by atoms with Crippen LogP contribution in [0, 0.1) is 6.92 Å². The summed E-state index contributed by atoms with van der Waals surface area (Å²) in [5.41, 5.74) is 5.67. The van der Waals surface area contributed by atoms with Crippen molar-refractivity contribution in [2.24, 2.45) is 0 Å². The van der Waals surface area contributed by atoms with Crippen LogP contribution in [0.4, 0.5) is 10.5 Å². The molecule has 1 aliphatic heterocycles. The minimum absolute atomic E-state index is 0.00957. The van der Waals surface area contributed by atoms with Gasteiger partial charge in [-0.3, -0.25) is 4.79 Å². The lowest BCUT2D eigenvalue weighted by molar-refractivity contribution is 0.0949. The van der Waals surface area contributed by atoms with E-state index in [0.29, 0.717) is 30.5 Å². The van der Waals surface area contributed by atoms with Gasteiger partial charge in [0.2, 0.25) is 5.88 Å². The van der Waals surface area contributed by atoms with Gasteiger partial charge in [0.25, 0.3) is 5.91 Å². The van der Waals surface area contributed by atoms with E-state index in [9.17, 15) is 9.59 Å². The third-order valence-electron chi connectivity index (χ3n) is 7.26. The lowest BCUT2D eigenvalue weighted by atomic mass is 9.89. The Labute approximate surface area is 212 Å². The molecule has 1 fully saturated rings. The van der Waals surface area contributed by atoms with Crippen LogP contribution in [0.3, 0.4) is 0 Å². The number of fused-ring (bicyclic) bond motifs is 2. The first-order chi connectivity index (χ1) is 17.4. The van der Waals surface area contributed by atoms with Crippen molar-refractivity contribution < 1.29 is 19.4 Å². The summed E-state index contributed by atoms with van der Waals surface area (Å²) >= 11 is 0. The second kappa shape index (κ2) is 11.5. The minimum atomic E-state index is -0.957. The Bertz CT molecular complexity index is 1140. The maximum atomic E-state index is 13.4. The summed E-state index contributed by atoms with van der Waals surface area (Å²) in [6.45, 7) is 5.25. The van der Waals surface area contributed by atoms with Crippen LogP contribution in [0.2, 0.25) is 0 Å². The number of nitrogens with zero attached hydrogens (tertiary/aromatic N) is 2. The summed E-state index contributed by atoms with van der Waals surface area (Å²) in [4.78, 5) is 31.4. The molecule has 1 aromatic carbocycles. The van der Waals surface area contributed by atoms with Gasteiger partial charge >= 0.3 is 6.09 Å². The molecule has 2 heterocycles. The number of hydrogen-bond acceptors (Lipinski definition) is 5. The number of aryl methyl sites for hydroxylation is 1. The second-order valence-electron chi connectivity index (χ2n) is 9.52. The molecular weight excluding hydrogens is 456 g/mol. The highest BCUT2D eigenvalue weighted by atomic mass is 16.5. The van der Waals surface area contributed by atoms with Crippen LogP contribution in [-0.4, -0.2) is 47.8 Å². The van der Waals surface area contributed by atoms with Crippen molar-refractivity contribution in [3.63, 3.8) is 0 Å². The molecule has 0 atom stereocenters. The molecule has 2 aromatic rings. The van der Waals surface area contributed by atoms with Gasteiger partial charge in [-0.05, 0) is 81.7 Å². The number of nitrogens with one attached hydrogen (secondary N) is 2. The number of amides is 2. The number of carboxylic acid groups (broad SMARTS) is 1. The first kappa shape index (κ1) is 25.5. The van der Waals surface area contributed by atoms with Gasteiger partial charge in [-0.1, -0.05) is 18.2 Å². The van der Waals surface area contributed by atoms with Gasteiger partial charge in [-0.2, -0.15) is 0 Å². The van der Waals surface area contributed by atoms with E-state index in [0.717, 1.165) is 66.7 Å². The summed E-state index contributed by atoms with van der Waals surface area (Å²) in [6.07, 6.45) is 8.19. The Balaban J connectivity index is 1.63. The van der Waals surface area contributed by atoms with E-state index in [1.165, 1.54) is 0 Å². The van der Waals surface area contributed by atoms with E-state index in [-0.39, 0.29) is 11.9 Å². The van der Waals surface area contributed by atoms with Crippen LogP contribution in [0.25, 0.3) is 0 Å². The highest BCUT2D eigenvalue weighted by Crippen LogP contribution is 2.32. The number of carbonyl (C=O) groups is 2. The van der Waals surface area contributed by atoms with E-state index >= 15 is 0 Å². The average Bonchev–Trinajstić information content (AvgIpc) is 2.89. The van der Waals surface area contributed by atoms with Gasteiger partial charge in [-0.25, -0.2) is 9.78 Å². The van der Waals surface area contributed by atoms with Gasteiger partial charge in [0.15, 0.2) is 0 Å². The predicted molar refractivity (Wildman–Crippen MR) is 140 cm³/mol. The Kier molecular flexibility index (Phi) is 8.13. The highest BCUT2D eigenvalue weighted by Gasteiger charge is 2.28. The Hall–Kier alpha value is -3.55. The van der Waals surface area contributed by atoms with Crippen molar-refractivity contribution in [2.75, 3.05) is 18.6 Å². The van der Waals surface area contributed by atoms with E-state index in [1.807, 2.05) is 19.1 Å². The van der Waals surface area contributed by atoms with E-state index in [1.54, 1.807) is 7.11 Å². The summed E-state index contributed by atoms with van der Waals surface area (Å²) in [6, 6.07) is 8.33. The van der Waals surface area contributed by atoms with E-state index in [4.69, 9.17) is 9.84 Å². The fourth-order valence-corrected chi connectivity index (χ4v) is 5.55. The van der Waals surface area contributed by atoms with Gasteiger partial charge < -0.3 is 25.4 Å². The number of benzene rings is 1. The zero-order chi connectivity index (χ0) is 25.7. The second-order valence-corrected chi connectivity index (χ2v) is 9.52. The molecule has 0 unspecified atom stereocenters. The molecule has 0 spiro atoms. The van der Waals surface area contributed by atoms with Crippen LogP contribution in [0.5, 0.6) is 5.88 Å². The number of allylic oxidation sites excluding steroid dienone is 2.